The molecule has 3 heterocycles. The smallest absolute Gasteiger partial charge is 0.335 e. The van der Waals surface area contributed by atoms with E-state index in [1.54, 1.807) is 40.0 Å². The van der Waals surface area contributed by atoms with E-state index in [0.717, 1.165) is 16.7 Å². The molecule has 10 nitrogen and oxygen atoms in total. The molecule has 232 valence electrons. The van der Waals surface area contributed by atoms with E-state index in [2.05, 4.69) is 5.10 Å². The second-order valence-electron chi connectivity index (χ2n) is 11.4. The highest BCUT2D eigenvalue weighted by atomic mass is 16.5. The van der Waals surface area contributed by atoms with Crippen LogP contribution >= 0.6 is 0 Å². The average molecular weight is 610 g/mol. The summed E-state index contributed by atoms with van der Waals surface area (Å²) >= 11 is 0. The second kappa shape index (κ2) is 12.1. The molecule has 1 fully saturated rings. The van der Waals surface area contributed by atoms with Crippen molar-refractivity contribution in [3.63, 3.8) is 0 Å². The first-order valence-electron chi connectivity index (χ1n) is 15.1. The predicted molar refractivity (Wildman–Crippen MR) is 167 cm³/mol. The number of hydrogen-bond donors (Lipinski definition) is 1. The number of ketones is 1. The summed E-state index contributed by atoms with van der Waals surface area (Å²) in [4.78, 5) is 40.3. The van der Waals surface area contributed by atoms with Crippen molar-refractivity contribution < 1.29 is 33.7 Å². The molecule has 0 atom stereocenters. The number of carbonyl (C=O) groups excluding carboxylic acids is 2. The van der Waals surface area contributed by atoms with E-state index >= 15 is 0 Å². The van der Waals surface area contributed by atoms with E-state index in [4.69, 9.17) is 14.2 Å². The molecule has 3 aromatic carbocycles. The van der Waals surface area contributed by atoms with E-state index in [1.807, 2.05) is 45.3 Å². The van der Waals surface area contributed by atoms with E-state index in [0.29, 0.717) is 73.1 Å². The number of Topliss-reactive ketones (excluding diaryl/α,β-unsaturated/α-hetero) is 1. The van der Waals surface area contributed by atoms with Gasteiger partial charge in [-0.25, -0.2) is 4.79 Å². The molecule has 0 saturated carbocycles. The topological polar surface area (TPSA) is 120 Å². The van der Waals surface area contributed by atoms with Crippen LogP contribution in [0.3, 0.4) is 0 Å². The SMILES string of the molecule is CCOc1cc(C(=O)N2CCC3(CC2)CC(=O)c2cc(-c4cnn(C)c4)ccc2O3)cc(OCC)c1-c1ccc(C(=O)O)cc1. The maximum absolute atomic E-state index is 13.8. The average Bonchev–Trinajstić information content (AvgIpc) is 3.47. The number of carboxylic acid groups (broad SMARTS) is 1. The van der Waals surface area contributed by atoms with Crippen LogP contribution in [0.2, 0.25) is 0 Å². The minimum Gasteiger partial charge on any atom is -0.493 e. The van der Waals surface area contributed by atoms with Gasteiger partial charge in [0.2, 0.25) is 0 Å². The Morgan fingerprint density at radius 1 is 0.911 bits per heavy atom. The Kier molecular flexibility index (Phi) is 8.05. The van der Waals surface area contributed by atoms with Gasteiger partial charge in [0, 0.05) is 50.3 Å². The van der Waals surface area contributed by atoms with Crippen molar-refractivity contribution in [3.05, 3.63) is 83.7 Å². The van der Waals surface area contributed by atoms with E-state index < -0.39 is 11.6 Å². The lowest BCUT2D eigenvalue weighted by Gasteiger charge is -2.44. The summed E-state index contributed by atoms with van der Waals surface area (Å²) in [6, 6.07) is 15.6. The molecule has 6 rings (SSSR count). The van der Waals surface area contributed by atoms with Crippen molar-refractivity contribution in [2.75, 3.05) is 26.3 Å². The molecule has 1 saturated heterocycles. The summed E-state index contributed by atoms with van der Waals surface area (Å²) in [5, 5.41) is 13.5. The molecule has 0 aliphatic carbocycles. The van der Waals surface area contributed by atoms with Crippen LogP contribution in [0.25, 0.3) is 22.3 Å². The number of rotatable bonds is 8. The fourth-order valence-corrected chi connectivity index (χ4v) is 6.14. The van der Waals surface area contributed by atoms with Crippen molar-refractivity contribution >= 4 is 17.7 Å². The van der Waals surface area contributed by atoms with Crippen LogP contribution in [0.15, 0.2) is 67.0 Å². The van der Waals surface area contributed by atoms with Gasteiger partial charge in [-0.1, -0.05) is 18.2 Å². The highest BCUT2D eigenvalue weighted by Crippen LogP contribution is 2.43. The Labute approximate surface area is 261 Å². The summed E-state index contributed by atoms with van der Waals surface area (Å²) in [6.45, 7) is 5.32. The number of benzene rings is 3. The van der Waals surface area contributed by atoms with Crippen molar-refractivity contribution in [1.29, 1.82) is 0 Å². The van der Waals surface area contributed by atoms with Crippen LogP contribution in [0, 0.1) is 0 Å². The fourth-order valence-electron chi connectivity index (χ4n) is 6.14. The number of amides is 1. The summed E-state index contributed by atoms with van der Waals surface area (Å²) in [5.74, 6) is 0.398. The molecule has 1 aromatic heterocycles. The van der Waals surface area contributed by atoms with Crippen molar-refractivity contribution in [3.8, 4) is 39.5 Å². The fraction of sp³-hybridized carbons (Fsp3) is 0.314. The number of aromatic carboxylic acids is 1. The highest BCUT2D eigenvalue weighted by molar-refractivity contribution is 6.02. The number of ether oxygens (including phenoxy) is 3. The quantitative estimate of drug-likeness (QED) is 0.263. The van der Waals surface area contributed by atoms with Gasteiger partial charge in [0.05, 0.1) is 42.5 Å². The maximum Gasteiger partial charge on any atom is 0.335 e. The van der Waals surface area contributed by atoms with E-state index in [-0.39, 0.29) is 23.7 Å². The van der Waals surface area contributed by atoms with Crippen LogP contribution in [0.4, 0.5) is 0 Å². The normalized spacial score (nSPS) is 15.4. The van der Waals surface area contributed by atoms with Gasteiger partial charge >= 0.3 is 5.97 Å². The number of likely N-dealkylation sites (tertiary alicyclic amines) is 1. The molecular weight excluding hydrogens is 574 g/mol. The molecule has 45 heavy (non-hydrogen) atoms. The van der Waals surface area contributed by atoms with Gasteiger partial charge in [-0.2, -0.15) is 5.10 Å². The zero-order valence-corrected chi connectivity index (χ0v) is 25.5. The minimum atomic E-state index is -1.01. The third-order valence-corrected chi connectivity index (χ3v) is 8.42. The van der Waals surface area contributed by atoms with Gasteiger partial charge in [0.1, 0.15) is 22.8 Å². The molecule has 1 N–H and O–H groups in total. The molecule has 2 aliphatic rings. The van der Waals surface area contributed by atoms with Gasteiger partial charge in [0.25, 0.3) is 5.91 Å². The molecular formula is C35H35N3O7. The first-order valence-corrected chi connectivity index (χ1v) is 15.1. The Morgan fingerprint density at radius 3 is 2.13 bits per heavy atom. The van der Waals surface area contributed by atoms with Crippen LogP contribution in [0.5, 0.6) is 17.2 Å². The van der Waals surface area contributed by atoms with Crippen LogP contribution < -0.4 is 14.2 Å². The van der Waals surface area contributed by atoms with Crippen molar-refractivity contribution in [1.82, 2.24) is 14.7 Å². The summed E-state index contributed by atoms with van der Waals surface area (Å²) in [5.41, 5.74) is 3.74. The van der Waals surface area contributed by atoms with Gasteiger partial charge in [-0.15, -0.1) is 0 Å². The third-order valence-electron chi connectivity index (χ3n) is 8.42. The Bertz CT molecular complexity index is 1740. The number of nitrogens with zero attached hydrogens (tertiary/aromatic N) is 3. The summed E-state index contributed by atoms with van der Waals surface area (Å²) in [6.07, 6.45) is 4.99. The number of carboxylic acids is 1. The number of hydrogen-bond acceptors (Lipinski definition) is 7. The molecule has 0 radical (unpaired) electrons. The van der Waals surface area contributed by atoms with Gasteiger partial charge in [0.15, 0.2) is 5.78 Å². The van der Waals surface area contributed by atoms with Gasteiger partial charge in [-0.3, -0.25) is 14.3 Å². The predicted octanol–water partition coefficient (Wildman–Crippen LogP) is 5.89. The second-order valence-corrected chi connectivity index (χ2v) is 11.4. The van der Waals surface area contributed by atoms with E-state index in [9.17, 15) is 19.5 Å². The van der Waals surface area contributed by atoms with E-state index in [1.165, 1.54) is 12.1 Å². The lowest BCUT2D eigenvalue weighted by Crippen LogP contribution is -2.52. The Hall–Kier alpha value is -5.12. The minimum absolute atomic E-state index is 0.0384. The largest absolute Gasteiger partial charge is 0.493 e. The zero-order valence-electron chi connectivity index (χ0n) is 25.5. The van der Waals surface area contributed by atoms with Gasteiger partial charge in [-0.05, 0) is 61.4 Å². The summed E-state index contributed by atoms with van der Waals surface area (Å²) < 4.78 is 20.2. The number of aromatic nitrogens is 2. The Morgan fingerprint density at radius 2 is 1.56 bits per heavy atom. The molecule has 0 unspecified atom stereocenters. The molecule has 1 amide bonds. The van der Waals surface area contributed by atoms with Gasteiger partial charge < -0.3 is 24.2 Å². The Balaban J connectivity index is 1.21. The number of aryl methyl sites for hydroxylation is 1. The molecule has 0 bridgehead atoms. The molecule has 4 aromatic rings. The van der Waals surface area contributed by atoms with Crippen molar-refractivity contribution in [2.45, 2.75) is 38.7 Å². The zero-order chi connectivity index (χ0) is 31.7. The molecule has 2 aliphatic heterocycles. The standard InChI is InChI=1S/C35H35N3O7/c1-4-43-30-17-25(18-31(44-5-2)32(30)22-6-8-23(9-7-22)34(41)42)33(40)38-14-12-35(13-15-38)19-28(39)27-16-24(10-11-29(27)45-35)26-20-36-37(3)21-26/h6-11,16-18,20-21H,4-5,12-15,19H2,1-3H3,(H,41,42). The molecule has 1 spiro atoms. The first kappa shape index (κ1) is 29.9. The van der Waals surface area contributed by atoms with Crippen molar-refractivity contribution in [2.24, 2.45) is 7.05 Å². The van der Waals surface area contributed by atoms with Crippen LogP contribution in [-0.4, -0.2) is 69.4 Å². The molecule has 10 heteroatoms. The monoisotopic (exact) mass is 609 g/mol. The third kappa shape index (κ3) is 5.87. The lowest BCUT2D eigenvalue weighted by atomic mass is 9.82. The summed E-state index contributed by atoms with van der Waals surface area (Å²) in [7, 11) is 1.85. The maximum atomic E-state index is 13.8. The van der Waals surface area contributed by atoms with Crippen LogP contribution in [0.1, 0.15) is 64.2 Å². The number of piperidine rings is 1. The number of carbonyl (C=O) groups is 3. The lowest BCUT2D eigenvalue weighted by molar-refractivity contribution is -0.00573. The number of fused-ring (bicyclic) bond motifs is 1. The highest BCUT2D eigenvalue weighted by Gasteiger charge is 2.44. The first-order chi connectivity index (χ1) is 21.7. The van der Waals surface area contributed by atoms with Crippen LogP contribution in [-0.2, 0) is 7.05 Å².